The molecule has 7 heteroatoms. The topological polar surface area (TPSA) is 57.7 Å². The number of rotatable bonds is 4. The zero-order chi connectivity index (χ0) is 17.2. The van der Waals surface area contributed by atoms with Gasteiger partial charge in [0, 0.05) is 31.7 Å². The van der Waals surface area contributed by atoms with Gasteiger partial charge in [-0.15, -0.1) is 0 Å². The van der Waals surface area contributed by atoms with Crippen LogP contribution < -0.4 is 0 Å². The van der Waals surface area contributed by atoms with Crippen molar-refractivity contribution in [1.29, 1.82) is 0 Å². The highest BCUT2D eigenvalue weighted by Gasteiger charge is 2.30. The molecule has 2 fully saturated rings. The number of amides is 1. The summed E-state index contributed by atoms with van der Waals surface area (Å²) in [6.07, 6.45) is 3.80. The normalized spacial score (nSPS) is 19.8. The molecule has 3 rings (SSSR count). The fourth-order valence-corrected chi connectivity index (χ4v) is 5.85. The molecule has 132 valence electrons. The maximum absolute atomic E-state index is 12.9. The Labute approximate surface area is 148 Å². The lowest BCUT2D eigenvalue weighted by Gasteiger charge is -2.30. The van der Waals surface area contributed by atoms with Crippen molar-refractivity contribution < 1.29 is 13.2 Å². The Bertz CT molecular complexity index is 694. The summed E-state index contributed by atoms with van der Waals surface area (Å²) in [5.41, 5.74) is 0.463. The number of carbonyl (C=O) groups excluding carboxylic acids is 1. The third-order valence-corrected chi connectivity index (χ3v) is 7.81. The predicted octanol–water partition coefficient (Wildman–Crippen LogP) is 2.44. The molecule has 1 aromatic carbocycles. The average molecular weight is 369 g/mol. The first-order valence-corrected chi connectivity index (χ1v) is 11.0. The number of sulfonamides is 1. The molecule has 2 aliphatic rings. The number of hydrogen-bond acceptors (Lipinski definition) is 4. The third kappa shape index (κ3) is 3.63. The van der Waals surface area contributed by atoms with Crippen molar-refractivity contribution in [2.45, 2.75) is 36.6 Å². The van der Waals surface area contributed by atoms with Gasteiger partial charge in [0.1, 0.15) is 0 Å². The van der Waals surface area contributed by atoms with E-state index in [2.05, 4.69) is 0 Å². The summed E-state index contributed by atoms with van der Waals surface area (Å²) >= 11 is 1.87. The fourth-order valence-electron chi connectivity index (χ4n) is 3.30. The van der Waals surface area contributed by atoms with E-state index in [-0.39, 0.29) is 16.8 Å². The zero-order valence-corrected chi connectivity index (χ0v) is 15.6. The maximum atomic E-state index is 12.9. The molecule has 0 aromatic heterocycles. The third-order valence-electron chi connectivity index (χ3n) is 4.86. The number of carbonyl (C=O) groups is 1. The Morgan fingerprint density at radius 3 is 2.54 bits per heavy atom. The van der Waals surface area contributed by atoms with Gasteiger partial charge < -0.3 is 4.90 Å². The molecule has 2 saturated heterocycles. The molecule has 0 spiro atoms. The number of thioether (sulfide) groups is 1. The number of likely N-dealkylation sites (tertiary alicyclic amines) is 1. The molecule has 0 aliphatic carbocycles. The van der Waals surface area contributed by atoms with Gasteiger partial charge in [0.25, 0.3) is 5.91 Å². The summed E-state index contributed by atoms with van der Waals surface area (Å²) < 4.78 is 27.3. The lowest BCUT2D eigenvalue weighted by Crippen LogP contribution is -2.39. The van der Waals surface area contributed by atoms with Crippen LogP contribution in [0, 0.1) is 0 Å². The zero-order valence-electron chi connectivity index (χ0n) is 14.0. The van der Waals surface area contributed by atoms with Crippen LogP contribution in [0.1, 0.15) is 36.0 Å². The van der Waals surface area contributed by atoms with Gasteiger partial charge >= 0.3 is 0 Å². The molecule has 24 heavy (non-hydrogen) atoms. The van der Waals surface area contributed by atoms with Crippen molar-refractivity contribution in [3.63, 3.8) is 0 Å². The quantitative estimate of drug-likeness (QED) is 0.819. The Balaban J connectivity index is 1.82. The highest BCUT2D eigenvalue weighted by Crippen LogP contribution is 2.26. The van der Waals surface area contributed by atoms with Crippen molar-refractivity contribution in [3.8, 4) is 0 Å². The second kappa shape index (κ2) is 7.45. The van der Waals surface area contributed by atoms with Crippen LogP contribution in [-0.2, 0) is 10.0 Å². The van der Waals surface area contributed by atoms with Crippen LogP contribution >= 0.6 is 11.8 Å². The minimum absolute atomic E-state index is 0.0502. The molecule has 5 nitrogen and oxygen atoms in total. The molecule has 2 aliphatic heterocycles. The Hall–Kier alpha value is -1.05. The first-order chi connectivity index (χ1) is 11.5. The van der Waals surface area contributed by atoms with Gasteiger partial charge in [-0.25, -0.2) is 8.42 Å². The summed E-state index contributed by atoms with van der Waals surface area (Å²) in [6, 6.07) is 6.54. The minimum Gasteiger partial charge on any atom is -0.339 e. The summed E-state index contributed by atoms with van der Waals surface area (Å²) in [5, 5.41) is 0. The molecule has 0 atom stereocenters. The first-order valence-electron chi connectivity index (χ1n) is 8.45. The van der Waals surface area contributed by atoms with Gasteiger partial charge in [-0.2, -0.15) is 16.1 Å². The van der Waals surface area contributed by atoms with Crippen molar-refractivity contribution in [3.05, 3.63) is 29.8 Å². The lowest BCUT2D eigenvalue weighted by atomic mass is 10.2. The van der Waals surface area contributed by atoms with Crippen LogP contribution in [0.15, 0.2) is 29.2 Å². The molecular formula is C17H24N2O3S2. The highest BCUT2D eigenvalue weighted by molar-refractivity contribution is 7.99. The molecule has 2 heterocycles. The molecule has 0 unspecified atom stereocenters. The van der Waals surface area contributed by atoms with Crippen LogP contribution in [-0.4, -0.2) is 61.2 Å². The molecule has 1 amide bonds. The van der Waals surface area contributed by atoms with E-state index in [9.17, 15) is 13.2 Å². The molecule has 0 bridgehead atoms. The van der Waals surface area contributed by atoms with E-state index in [4.69, 9.17) is 0 Å². The van der Waals surface area contributed by atoms with E-state index >= 15 is 0 Å². The van der Waals surface area contributed by atoms with Crippen molar-refractivity contribution in [2.24, 2.45) is 0 Å². The standard InChI is InChI=1S/C17H24N2O3S2/c1-18(15-7-11-23-12-8-15)24(21,22)16-6-4-5-14(13-16)17(20)19-9-2-3-10-19/h4-6,13,15H,2-3,7-12H2,1H3. The highest BCUT2D eigenvalue weighted by atomic mass is 32.2. The summed E-state index contributed by atoms with van der Waals surface area (Å²) in [7, 11) is -1.91. The first kappa shape index (κ1) is 17.8. The van der Waals surface area contributed by atoms with Crippen LogP contribution in [0.3, 0.4) is 0 Å². The molecular weight excluding hydrogens is 344 g/mol. The SMILES string of the molecule is CN(C1CCSCC1)S(=O)(=O)c1cccc(C(=O)N2CCCC2)c1. The molecule has 0 saturated carbocycles. The number of benzene rings is 1. The predicted molar refractivity (Wildman–Crippen MR) is 96.9 cm³/mol. The van der Waals surface area contributed by atoms with E-state index < -0.39 is 10.0 Å². The van der Waals surface area contributed by atoms with Gasteiger partial charge in [0.15, 0.2) is 0 Å². The monoisotopic (exact) mass is 368 g/mol. The van der Waals surface area contributed by atoms with E-state index in [0.717, 1.165) is 50.3 Å². The smallest absolute Gasteiger partial charge is 0.253 e. The van der Waals surface area contributed by atoms with Gasteiger partial charge in [-0.3, -0.25) is 4.79 Å². The summed E-state index contributed by atoms with van der Waals surface area (Å²) in [5.74, 6) is 1.93. The number of hydrogen-bond donors (Lipinski definition) is 0. The molecule has 0 N–H and O–H groups in total. The fraction of sp³-hybridized carbons (Fsp3) is 0.588. The van der Waals surface area contributed by atoms with E-state index in [0.29, 0.717) is 5.56 Å². The second-order valence-corrected chi connectivity index (χ2v) is 9.61. The van der Waals surface area contributed by atoms with E-state index in [1.165, 1.54) is 10.4 Å². The minimum atomic E-state index is -3.56. The van der Waals surface area contributed by atoms with Gasteiger partial charge in [0.05, 0.1) is 4.90 Å². The lowest BCUT2D eigenvalue weighted by molar-refractivity contribution is 0.0792. The van der Waals surface area contributed by atoms with Crippen molar-refractivity contribution >= 4 is 27.7 Å². The number of nitrogens with zero attached hydrogens (tertiary/aromatic N) is 2. The Morgan fingerprint density at radius 2 is 1.88 bits per heavy atom. The van der Waals surface area contributed by atoms with Gasteiger partial charge in [-0.05, 0) is 55.4 Å². The van der Waals surface area contributed by atoms with Gasteiger partial charge in [-0.1, -0.05) is 6.07 Å². The van der Waals surface area contributed by atoms with Crippen molar-refractivity contribution in [1.82, 2.24) is 9.21 Å². The van der Waals surface area contributed by atoms with Crippen LogP contribution in [0.5, 0.6) is 0 Å². The average Bonchev–Trinajstić information content (AvgIpc) is 3.16. The summed E-state index contributed by atoms with van der Waals surface area (Å²) in [4.78, 5) is 14.5. The summed E-state index contributed by atoms with van der Waals surface area (Å²) in [6.45, 7) is 1.52. The largest absolute Gasteiger partial charge is 0.339 e. The second-order valence-electron chi connectivity index (χ2n) is 6.39. The Kier molecular flexibility index (Phi) is 5.52. The van der Waals surface area contributed by atoms with Crippen LogP contribution in [0.4, 0.5) is 0 Å². The van der Waals surface area contributed by atoms with E-state index in [1.807, 2.05) is 11.8 Å². The van der Waals surface area contributed by atoms with Gasteiger partial charge in [0.2, 0.25) is 10.0 Å². The van der Waals surface area contributed by atoms with Crippen LogP contribution in [0.2, 0.25) is 0 Å². The Morgan fingerprint density at radius 1 is 1.21 bits per heavy atom. The molecule has 1 aromatic rings. The van der Waals surface area contributed by atoms with Crippen LogP contribution in [0.25, 0.3) is 0 Å². The molecule has 0 radical (unpaired) electrons. The van der Waals surface area contributed by atoms with Crippen molar-refractivity contribution in [2.75, 3.05) is 31.6 Å². The maximum Gasteiger partial charge on any atom is 0.253 e. The van der Waals surface area contributed by atoms with E-state index in [1.54, 1.807) is 30.1 Å².